The molecule has 1 spiro atoms. The molecule has 0 bridgehead atoms. The van der Waals surface area contributed by atoms with E-state index in [9.17, 15) is 0 Å². The molecule has 2 aliphatic rings. The smallest absolute Gasteiger partial charge is 0.0728 e. The molecule has 1 N–H and O–H groups in total. The lowest BCUT2D eigenvalue weighted by Crippen LogP contribution is -2.64. The second kappa shape index (κ2) is 3.98. The molecule has 4 heteroatoms. The van der Waals surface area contributed by atoms with E-state index >= 15 is 0 Å². The summed E-state index contributed by atoms with van der Waals surface area (Å²) >= 11 is 0. The van der Waals surface area contributed by atoms with E-state index in [2.05, 4.69) is 41.4 Å². The van der Waals surface area contributed by atoms with Crippen molar-refractivity contribution in [1.29, 1.82) is 0 Å². The molecule has 1 aromatic heterocycles. The first-order chi connectivity index (χ1) is 9.60. The summed E-state index contributed by atoms with van der Waals surface area (Å²) in [6.45, 7) is 4.66. The number of anilines is 1. The largest absolute Gasteiger partial charge is 0.371 e. The second-order valence-electron chi connectivity index (χ2n) is 6.69. The summed E-state index contributed by atoms with van der Waals surface area (Å²) in [6.07, 6.45) is 4.61. The third-order valence-corrected chi connectivity index (χ3v) is 5.39. The molecule has 0 atom stereocenters. The summed E-state index contributed by atoms with van der Waals surface area (Å²) in [6, 6.07) is 5.14. The van der Waals surface area contributed by atoms with E-state index in [1.165, 1.54) is 48.1 Å². The number of rotatable bonds is 2. The Morgan fingerprint density at radius 1 is 1.35 bits per heavy atom. The maximum atomic E-state index is 4.37. The highest BCUT2D eigenvalue weighted by atomic mass is 15.3. The first-order valence-corrected chi connectivity index (χ1v) is 7.45. The summed E-state index contributed by atoms with van der Waals surface area (Å²) < 4.78 is 1.99. The lowest BCUT2D eigenvalue weighted by Gasteiger charge is -2.57. The highest BCUT2D eigenvalue weighted by Gasteiger charge is 2.49. The van der Waals surface area contributed by atoms with Crippen LogP contribution in [0.1, 0.15) is 18.4 Å². The fourth-order valence-electron chi connectivity index (χ4n) is 4.01. The Balaban J connectivity index is 1.64. The minimum atomic E-state index is 0.628. The second-order valence-corrected chi connectivity index (χ2v) is 6.69. The van der Waals surface area contributed by atoms with Gasteiger partial charge in [0.1, 0.15) is 0 Å². The van der Waals surface area contributed by atoms with Crippen LogP contribution in [0, 0.1) is 12.3 Å². The van der Waals surface area contributed by atoms with Gasteiger partial charge in [0, 0.05) is 44.3 Å². The number of nitrogens with one attached hydrogen (secondary N) is 1. The summed E-state index contributed by atoms with van der Waals surface area (Å²) in [7, 11) is 4.27. The fraction of sp³-hybridized carbons (Fsp3) is 0.562. The number of aromatic nitrogens is 2. The average molecular weight is 270 g/mol. The molecule has 1 aromatic carbocycles. The van der Waals surface area contributed by atoms with Gasteiger partial charge in [0.25, 0.3) is 0 Å². The van der Waals surface area contributed by atoms with Crippen molar-refractivity contribution in [3.63, 3.8) is 0 Å². The molecule has 4 rings (SSSR count). The van der Waals surface area contributed by atoms with Crippen molar-refractivity contribution in [3.05, 3.63) is 23.9 Å². The molecule has 1 aliphatic heterocycles. The number of nitrogens with zero attached hydrogens (tertiary/aromatic N) is 3. The number of aryl methyl sites for hydroxylation is 2. The van der Waals surface area contributed by atoms with Gasteiger partial charge in [-0.25, -0.2) is 0 Å². The van der Waals surface area contributed by atoms with Crippen LogP contribution in [0.4, 0.5) is 5.69 Å². The number of hydrogen-bond donors (Lipinski definition) is 1. The predicted octanol–water partition coefficient (Wildman–Crippen LogP) is 2.07. The van der Waals surface area contributed by atoms with Gasteiger partial charge in [0.15, 0.2) is 0 Å². The van der Waals surface area contributed by atoms with Crippen LogP contribution in [0.25, 0.3) is 10.9 Å². The molecule has 2 aromatic rings. The number of benzene rings is 1. The summed E-state index contributed by atoms with van der Waals surface area (Å²) in [4.78, 5) is 2.48. The topological polar surface area (TPSA) is 33.1 Å². The number of fused-ring (bicyclic) bond motifs is 1. The van der Waals surface area contributed by atoms with Crippen LogP contribution in [0.2, 0.25) is 0 Å². The van der Waals surface area contributed by atoms with E-state index < -0.39 is 0 Å². The Kier molecular flexibility index (Phi) is 2.43. The molecule has 1 aliphatic carbocycles. The Morgan fingerprint density at radius 3 is 2.75 bits per heavy atom. The van der Waals surface area contributed by atoms with Crippen molar-refractivity contribution in [2.45, 2.75) is 25.8 Å². The average Bonchev–Trinajstić information content (AvgIpc) is 2.68. The normalized spacial score (nSPS) is 20.9. The highest BCUT2D eigenvalue weighted by molar-refractivity contribution is 5.87. The molecule has 0 unspecified atom stereocenters. The zero-order valence-electron chi connectivity index (χ0n) is 12.5. The van der Waals surface area contributed by atoms with Gasteiger partial charge in [0.05, 0.1) is 11.7 Å². The standard InChI is InChI=1S/C16H22N4/c1-11-14(5-4-12-8-18-20(3)15(11)12)19(2)13-6-16(7-13)9-17-10-16/h4-5,8,13,17H,6-7,9-10H2,1-3H3. The van der Waals surface area contributed by atoms with E-state index in [-0.39, 0.29) is 0 Å². The van der Waals surface area contributed by atoms with Crippen LogP contribution >= 0.6 is 0 Å². The third-order valence-electron chi connectivity index (χ3n) is 5.39. The molecule has 20 heavy (non-hydrogen) atoms. The summed E-state index contributed by atoms with van der Waals surface area (Å²) in [5, 5.41) is 9.02. The van der Waals surface area contributed by atoms with Crippen molar-refractivity contribution >= 4 is 16.6 Å². The van der Waals surface area contributed by atoms with Crippen LogP contribution < -0.4 is 10.2 Å². The maximum absolute atomic E-state index is 4.37. The molecule has 1 saturated heterocycles. The van der Waals surface area contributed by atoms with Crippen LogP contribution in [-0.2, 0) is 7.05 Å². The van der Waals surface area contributed by atoms with Crippen molar-refractivity contribution < 1.29 is 0 Å². The van der Waals surface area contributed by atoms with Gasteiger partial charge >= 0.3 is 0 Å². The Bertz CT molecular complexity index is 660. The fourth-order valence-corrected chi connectivity index (χ4v) is 4.01. The lowest BCUT2D eigenvalue weighted by atomic mass is 9.61. The van der Waals surface area contributed by atoms with Gasteiger partial charge in [-0.2, -0.15) is 5.10 Å². The van der Waals surface area contributed by atoms with Crippen LogP contribution in [0.15, 0.2) is 18.3 Å². The Hall–Kier alpha value is -1.55. The van der Waals surface area contributed by atoms with Crippen molar-refractivity contribution in [1.82, 2.24) is 15.1 Å². The van der Waals surface area contributed by atoms with E-state index in [0.717, 1.165) is 0 Å². The van der Waals surface area contributed by atoms with Crippen molar-refractivity contribution in [3.8, 4) is 0 Å². The molecule has 0 amide bonds. The van der Waals surface area contributed by atoms with Gasteiger partial charge < -0.3 is 10.2 Å². The Labute approximate surface area is 119 Å². The lowest BCUT2D eigenvalue weighted by molar-refractivity contribution is 0.0373. The molecular weight excluding hydrogens is 248 g/mol. The maximum Gasteiger partial charge on any atom is 0.0728 e. The number of hydrogen-bond acceptors (Lipinski definition) is 3. The molecule has 4 nitrogen and oxygen atoms in total. The van der Waals surface area contributed by atoms with Crippen LogP contribution in [-0.4, -0.2) is 36.0 Å². The van der Waals surface area contributed by atoms with Gasteiger partial charge in [0.2, 0.25) is 0 Å². The highest BCUT2D eigenvalue weighted by Crippen LogP contribution is 2.47. The van der Waals surface area contributed by atoms with E-state index in [1.54, 1.807) is 0 Å². The molecule has 1 saturated carbocycles. The summed E-state index contributed by atoms with van der Waals surface area (Å²) in [5.74, 6) is 0. The molecule has 2 fully saturated rings. The minimum Gasteiger partial charge on any atom is -0.371 e. The van der Waals surface area contributed by atoms with Gasteiger partial charge in [-0.05, 0) is 42.9 Å². The van der Waals surface area contributed by atoms with E-state index in [1.807, 2.05) is 17.9 Å². The van der Waals surface area contributed by atoms with E-state index in [4.69, 9.17) is 0 Å². The first-order valence-electron chi connectivity index (χ1n) is 7.45. The zero-order valence-corrected chi connectivity index (χ0v) is 12.5. The van der Waals surface area contributed by atoms with Gasteiger partial charge in [-0.3, -0.25) is 4.68 Å². The Morgan fingerprint density at radius 2 is 2.10 bits per heavy atom. The molecule has 106 valence electrons. The zero-order chi connectivity index (χ0) is 13.9. The first kappa shape index (κ1) is 12.2. The van der Waals surface area contributed by atoms with Crippen LogP contribution in [0.3, 0.4) is 0 Å². The third kappa shape index (κ3) is 1.54. The predicted molar refractivity (Wildman–Crippen MR) is 82.2 cm³/mol. The molecule has 2 heterocycles. The molecular formula is C16H22N4. The summed E-state index contributed by atoms with van der Waals surface area (Å²) in [5.41, 5.74) is 4.59. The minimum absolute atomic E-state index is 0.628. The SMILES string of the molecule is Cc1c(N(C)C2CC3(CNC3)C2)ccc2cnn(C)c12. The van der Waals surface area contributed by atoms with Gasteiger partial charge in [-0.1, -0.05) is 0 Å². The monoisotopic (exact) mass is 270 g/mol. The molecule has 0 radical (unpaired) electrons. The van der Waals surface area contributed by atoms with Gasteiger partial charge in [-0.15, -0.1) is 0 Å². The van der Waals surface area contributed by atoms with Crippen molar-refractivity contribution in [2.75, 3.05) is 25.0 Å². The van der Waals surface area contributed by atoms with Crippen LogP contribution in [0.5, 0.6) is 0 Å². The van der Waals surface area contributed by atoms with E-state index in [0.29, 0.717) is 11.5 Å². The van der Waals surface area contributed by atoms with Crippen molar-refractivity contribution in [2.24, 2.45) is 12.5 Å². The quantitative estimate of drug-likeness (QED) is 0.907.